The summed E-state index contributed by atoms with van der Waals surface area (Å²) in [5.74, 6) is 3.53. The molecule has 94 valence electrons. The molecule has 0 aromatic carbocycles. The fraction of sp³-hybridized carbons (Fsp3) is 1.00. The van der Waals surface area contributed by atoms with Crippen LogP contribution in [0.3, 0.4) is 0 Å². The number of thioether (sulfide) groups is 1. The van der Waals surface area contributed by atoms with Gasteiger partial charge in [0.05, 0.1) is 0 Å². The third-order valence-corrected chi connectivity index (χ3v) is 5.79. The second kappa shape index (κ2) is 5.74. The predicted octanol–water partition coefficient (Wildman–Crippen LogP) is 2.20. The van der Waals surface area contributed by atoms with Crippen LogP contribution in [0.15, 0.2) is 0 Å². The summed E-state index contributed by atoms with van der Waals surface area (Å²) < 4.78 is 0. The molecule has 2 fully saturated rings. The molecule has 0 radical (unpaired) electrons. The Morgan fingerprint density at radius 1 is 1.25 bits per heavy atom. The van der Waals surface area contributed by atoms with Gasteiger partial charge in [-0.3, -0.25) is 4.90 Å². The van der Waals surface area contributed by atoms with Crippen LogP contribution in [0, 0.1) is 5.92 Å². The van der Waals surface area contributed by atoms with Gasteiger partial charge in [0.1, 0.15) is 0 Å². The monoisotopic (exact) mass is 242 g/mol. The fourth-order valence-corrected chi connectivity index (χ4v) is 4.47. The molecule has 0 amide bonds. The van der Waals surface area contributed by atoms with Gasteiger partial charge in [-0.1, -0.05) is 6.92 Å². The van der Waals surface area contributed by atoms with Crippen molar-refractivity contribution >= 4 is 11.8 Å². The van der Waals surface area contributed by atoms with Crippen molar-refractivity contribution in [3.8, 4) is 0 Å². The largest absolute Gasteiger partial charge is 0.317 e. The number of likely N-dealkylation sites (tertiary alicyclic amines) is 1. The molecule has 0 aromatic rings. The first kappa shape index (κ1) is 12.7. The van der Waals surface area contributed by atoms with Crippen molar-refractivity contribution < 1.29 is 0 Å². The van der Waals surface area contributed by atoms with Crippen LogP contribution in [0.4, 0.5) is 0 Å². The molecule has 2 heterocycles. The van der Waals surface area contributed by atoms with Crippen LogP contribution in [0.5, 0.6) is 0 Å². The summed E-state index contributed by atoms with van der Waals surface area (Å²) in [5.41, 5.74) is 0. The van der Waals surface area contributed by atoms with Crippen molar-refractivity contribution in [3.05, 3.63) is 0 Å². The minimum atomic E-state index is 0.725. The second-order valence-electron chi connectivity index (χ2n) is 5.39. The molecule has 2 aliphatic heterocycles. The number of nitrogens with zero attached hydrogens (tertiary/aromatic N) is 1. The highest BCUT2D eigenvalue weighted by Crippen LogP contribution is 2.30. The Morgan fingerprint density at radius 3 is 2.69 bits per heavy atom. The molecule has 0 aromatic heterocycles. The van der Waals surface area contributed by atoms with E-state index < -0.39 is 0 Å². The summed E-state index contributed by atoms with van der Waals surface area (Å²) in [5, 5.41) is 3.48. The van der Waals surface area contributed by atoms with E-state index in [1.165, 1.54) is 37.3 Å². The van der Waals surface area contributed by atoms with E-state index in [4.69, 9.17) is 0 Å². The molecular formula is C13H26N2S. The lowest BCUT2D eigenvalue weighted by molar-refractivity contribution is 0.0524. The Labute approximate surface area is 105 Å². The van der Waals surface area contributed by atoms with Gasteiger partial charge < -0.3 is 5.32 Å². The van der Waals surface area contributed by atoms with Gasteiger partial charge in [0.2, 0.25) is 0 Å². The van der Waals surface area contributed by atoms with Crippen LogP contribution in [0.1, 0.15) is 33.1 Å². The molecule has 4 atom stereocenters. The maximum atomic E-state index is 3.48. The van der Waals surface area contributed by atoms with Gasteiger partial charge in [-0.05, 0) is 44.9 Å². The molecule has 0 saturated carbocycles. The zero-order valence-electron chi connectivity index (χ0n) is 10.9. The molecule has 1 N–H and O–H groups in total. The zero-order valence-corrected chi connectivity index (χ0v) is 11.7. The number of hydrogen-bond acceptors (Lipinski definition) is 3. The Hall–Kier alpha value is 0.270. The van der Waals surface area contributed by atoms with Crippen LogP contribution >= 0.6 is 11.8 Å². The summed E-state index contributed by atoms with van der Waals surface area (Å²) in [6.45, 7) is 6.13. The lowest BCUT2D eigenvalue weighted by atomic mass is 9.86. The standard InChI is InChI=1S/C13H26N2S/c1-10-11(2)15(7-6-13(10)14-3)12-5-4-8-16-9-12/h10-14H,4-9H2,1-3H3. The molecule has 3 heteroatoms. The van der Waals surface area contributed by atoms with E-state index in [-0.39, 0.29) is 0 Å². The topological polar surface area (TPSA) is 15.3 Å². The molecule has 0 spiro atoms. The van der Waals surface area contributed by atoms with Gasteiger partial charge in [-0.2, -0.15) is 11.8 Å². The van der Waals surface area contributed by atoms with Crippen molar-refractivity contribution in [3.63, 3.8) is 0 Å². The Morgan fingerprint density at radius 2 is 2.06 bits per heavy atom. The SMILES string of the molecule is CNC1CCN(C2CCCSC2)C(C)C1C. The molecule has 2 nitrogen and oxygen atoms in total. The summed E-state index contributed by atoms with van der Waals surface area (Å²) in [4.78, 5) is 2.78. The van der Waals surface area contributed by atoms with Gasteiger partial charge in [-0.25, -0.2) is 0 Å². The summed E-state index contributed by atoms with van der Waals surface area (Å²) in [7, 11) is 2.11. The molecule has 0 bridgehead atoms. The van der Waals surface area contributed by atoms with Gasteiger partial charge in [0, 0.05) is 30.4 Å². The zero-order chi connectivity index (χ0) is 11.5. The molecule has 2 saturated heterocycles. The molecular weight excluding hydrogens is 216 g/mol. The van der Waals surface area contributed by atoms with E-state index in [1.54, 1.807) is 0 Å². The van der Waals surface area contributed by atoms with Gasteiger partial charge in [0.25, 0.3) is 0 Å². The van der Waals surface area contributed by atoms with Crippen molar-refractivity contribution in [2.45, 2.75) is 51.2 Å². The smallest absolute Gasteiger partial charge is 0.0189 e. The Balaban J connectivity index is 1.95. The minimum absolute atomic E-state index is 0.725. The third kappa shape index (κ3) is 2.57. The number of nitrogens with one attached hydrogen (secondary N) is 1. The van der Waals surface area contributed by atoms with Crippen molar-refractivity contribution in [2.75, 3.05) is 25.1 Å². The first-order valence-electron chi connectivity index (χ1n) is 6.74. The van der Waals surface area contributed by atoms with Crippen LogP contribution in [0.25, 0.3) is 0 Å². The van der Waals surface area contributed by atoms with Crippen LogP contribution in [0.2, 0.25) is 0 Å². The summed E-state index contributed by atoms with van der Waals surface area (Å²) >= 11 is 2.15. The minimum Gasteiger partial charge on any atom is -0.317 e. The van der Waals surface area contributed by atoms with E-state index in [1.807, 2.05) is 0 Å². The quantitative estimate of drug-likeness (QED) is 0.799. The first-order chi connectivity index (χ1) is 7.74. The molecule has 2 rings (SSSR count). The second-order valence-corrected chi connectivity index (χ2v) is 6.54. The van der Waals surface area contributed by atoms with Crippen LogP contribution in [-0.2, 0) is 0 Å². The van der Waals surface area contributed by atoms with Crippen LogP contribution < -0.4 is 5.32 Å². The van der Waals surface area contributed by atoms with E-state index in [0.717, 1.165) is 24.0 Å². The van der Waals surface area contributed by atoms with Gasteiger partial charge in [-0.15, -0.1) is 0 Å². The normalized spacial score (nSPS) is 42.2. The predicted molar refractivity (Wildman–Crippen MR) is 73.1 cm³/mol. The average Bonchev–Trinajstić information content (AvgIpc) is 2.34. The average molecular weight is 242 g/mol. The highest BCUT2D eigenvalue weighted by atomic mass is 32.2. The highest BCUT2D eigenvalue weighted by molar-refractivity contribution is 7.99. The molecule has 16 heavy (non-hydrogen) atoms. The maximum Gasteiger partial charge on any atom is 0.0189 e. The number of piperidine rings is 1. The van der Waals surface area contributed by atoms with E-state index in [9.17, 15) is 0 Å². The summed E-state index contributed by atoms with van der Waals surface area (Å²) in [6, 6.07) is 2.33. The lowest BCUT2D eigenvalue weighted by Gasteiger charge is -2.47. The molecule has 0 aliphatic carbocycles. The Bertz CT molecular complexity index is 216. The van der Waals surface area contributed by atoms with E-state index in [0.29, 0.717) is 0 Å². The number of hydrogen-bond donors (Lipinski definition) is 1. The van der Waals surface area contributed by atoms with Crippen molar-refractivity contribution in [1.29, 1.82) is 0 Å². The van der Waals surface area contributed by atoms with Crippen molar-refractivity contribution in [2.24, 2.45) is 5.92 Å². The highest BCUT2D eigenvalue weighted by Gasteiger charge is 2.35. The van der Waals surface area contributed by atoms with Crippen molar-refractivity contribution in [1.82, 2.24) is 10.2 Å². The van der Waals surface area contributed by atoms with Gasteiger partial charge in [0.15, 0.2) is 0 Å². The van der Waals surface area contributed by atoms with E-state index >= 15 is 0 Å². The maximum absolute atomic E-state index is 3.48. The lowest BCUT2D eigenvalue weighted by Crippen LogP contribution is -2.56. The fourth-order valence-electron chi connectivity index (χ4n) is 3.30. The first-order valence-corrected chi connectivity index (χ1v) is 7.90. The molecule has 4 unspecified atom stereocenters. The third-order valence-electron chi connectivity index (χ3n) is 4.59. The van der Waals surface area contributed by atoms with E-state index in [2.05, 4.69) is 42.9 Å². The van der Waals surface area contributed by atoms with Gasteiger partial charge >= 0.3 is 0 Å². The Kier molecular flexibility index (Phi) is 4.57. The summed E-state index contributed by atoms with van der Waals surface area (Å²) in [6.07, 6.45) is 4.17. The van der Waals surface area contributed by atoms with Crippen LogP contribution in [-0.4, -0.2) is 48.1 Å². The number of rotatable bonds is 2. The molecule has 2 aliphatic rings.